The molecule has 0 bridgehead atoms. The van der Waals surface area contributed by atoms with Crippen LogP contribution in [0.3, 0.4) is 0 Å². The molecule has 2 unspecified atom stereocenters. The lowest BCUT2D eigenvalue weighted by Gasteiger charge is -2.12. The molecule has 0 fully saturated rings. The van der Waals surface area contributed by atoms with Gasteiger partial charge in [-0.1, -0.05) is 0 Å². The fraction of sp³-hybridized carbons (Fsp3) is 0.800. The Kier molecular flexibility index (Phi) is 3.19. The predicted octanol–water partition coefficient (Wildman–Crippen LogP) is -0.567. The van der Waals surface area contributed by atoms with Gasteiger partial charge in [0, 0.05) is 13.2 Å². The van der Waals surface area contributed by atoms with E-state index in [0.717, 1.165) is 0 Å². The second kappa shape index (κ2) is 3.42. The molecule has 0 saturated carbocycles. The lowest BCUT2D eigenvalue weighted by Crippen LogP contribution is -2.39. The Bertz CT molecular complexity index is 102. The molecule has 0 saturated heterocycles. The van der Waals surface area contributed by atoms with Crippen LogP contribution in [0.5, 0.6) is 0 Å². The van der Waals surface area contributed by atoms with Crippen LogP contribution in [0.2, 0.25) is 0 Å². The molecule has 0 radical (unpaired) electrons. The third-order valence-electron chi connectivity index (χ3n) is 0.975. The van der Waals surface area contributed by atoms with Crippen molar-refractivity contribution in [1.82, 2.24) is 0 Å². The first-order valence-corrected chi connectivity index (χ1v) is 2.60. The number of hydrogen-bond donors (Lipinski definition) is 2. The molecular weight excluding hydrogens is 122 g/mol. The second-order valence-electron chi connectivity index (χ2n) is 1.85. The smallest absolute Gasteiger partial charge is 0.334 e. The molecule has 0 aliphatic carbocycles. The zero-order chi connectivity index (χ0) is 7.44. The van der Waals surface area contributed by atoms with Crippen LogP contribution in [0, 0.1) is 0 Å². The molecule has 2 atom stereocenters. The first kappa shape index (κ1) is 8.39. The highest BCUT2D eigenvalue weighted by Gasteiger charge is 2.20. The van der Waals surface area contributed by atoms with Crippen molar-refractivity contribution in [2.24, 2.45) is 5.73 Å². The molecule has 4 nitrogen and oxygen atoms in total. The molecule has 0 aromatic carbocycles. The summed E-state index contributed by atoms with van der Waals surface area (Å²) in [6.07, 6.45) is -0.884. The Hall–Kier alpha value is -0.610. The largest absolute Gasteiger partial charge is 0.479 e. The fourth-order valence-corrected chi connectivity index (χ4v) is 0.540. The minimum absolute atomic E-state index is 0.465. The first-order valence-electron chi connectivity index (χ1n) is 2.60. The Labute approximate surface area is 53.6 Å². The summed E-state index contributed by atoms with van der Waals surface area (Å²) in [5.41, 5.74) is 5.24. The molecule has 0 spiro atoms. The van der Waals surface area contributed by atoms with Crippen molar-refractivity contribution in [3.63, 3.8) is 0 Å². The van der Waals surface area contributed by atoms with E-state index in [2.05, 4.69) is 4.74 Å². The molecule has 0 aliphatic heterocycles. The molecule has 9 heavy (non-hydrogen) atoms. The van der Waals surface area contributed by atoms with Gasteiger partial charge < -0.3 is 15.6 Å². The van der Waals surface area contributed by atoms with Gasteiger partial charge in [-0.3, -0.25) is 0 Å². The van der Waals surface area contributed by atoms with Crippen LogP contribution in [-0.2, 0) is 9.53 Å². The predicted molar refractivity (Wildman–Crippen MR) is 32.1 cm³/mol. The first-order chi connectivity index (χ1) is 4.09. The lowest BCUT2D eigenvalue weighted by atomic mass is 10.2. The third-order valence-corrected chi connectivity index (χ3v) is 0.975. The van der Waals surface area contributed by atoms with E-state index in [1.165, 1.54) is 7.11 Å². The SMILES string of the molecule is COC(C(=O)O)C(C)N. The number of carbonyl (C=O) groups is 1. The van der Waals surface area contributed by atoms with Crippen molar-refractivity contribution in [3.05, 3.63) is 0 Å². The summed E-state index contributed by atoms with van der Waals surface area (Å²) in [6, 6.07) is -0.465. The van der Waals surface area contributed by atoms with E-state index in [-0.39, 0.29) is 0 Å². The molecule has 3 N–H and O–H groups in total. The van der Waals surface area contributed by atoms with E-state index in [1.807, 2.05) is 0 Å². The summed E-state index contributed by atoms with van der Waals surface area (Å²) >= 11 is 0. The van der Waals surface area contributed by atoms with E-state index < -0.39 is 18.1 Å². The average Bonchev–Trinajstić information content (AvgIpc) is 1.64. The lowest BCUT2D eigenvalue weighted by molar-refractivity contribution is -0.149. The van der Waals surface area contributed by atoms with Crippen molar-refractivity contribution in [2.75, 3.05) is 7.11 Å². The van der Waals surface area contributed by atoms with Gasteiger partial charge in [-0.15, -0.1) is 0 Å². The normalized spacial score (nSPS) is 16.8. The number of ether oxygens (including phenoxy) is 1. The van der Waals surface area contributed by atoms with Gasteiger partial charge >= 0.3 is 5.97 Å². The summed E-state index contributed by atoms with van der Waals surface area (Å²) in [5, 5.41) is 8.34. The van der Waals surface area contributed by atoms with E-state index in [1.54, 1.807) is 6.92 Å². The Morgan fingerprint density at radius 2 is 2.22 bits per heavy atom. The average molecular weight is 133 g/mol. The second-order valence-corrected chi connectivity index (χ2v) is 1.85. The molecule has 0 amide bonds. The van der Waals surface area contributed by atoms with Crippen molar-refractivity contribution in [1.29, 1.82) is 0 Å². The number of hydrogen-bond acceptors (Lipinski definition) is 3. The molecule has 0 aliphatic rings. The maximum Gasteiger partial charge on any atom is 0.334 e. The van der Waals surface area contributed by atoms with Gasteiger partial charge in [0.05, 0.1) is 0 Å². The zero-order valence-electron chi connectivity index (χ0n) is 5.50. The highest BCUT2D eigenvalue weighted by Crippen LogP contribution is 1.93. The van der Waals surface area contributed by atoms with Gasteiger partial charge in [0.1, 0.15) is 0 Å². The van der Waals surface area contributed by atoms with Crippen LogP contribution < -0.4 is 5.73 Å². The molecule has 0 aromatic rings. The number of carboxylic acid groups (broad SMARTS) is 1. The highest BCUT2D eigenvalue weighted by atomic mass is 16.5. The topological polar surface area (TPSA) is 72.5 Å². The summed E-state index contributed by atoms with van der Waals surface area (Å²) in [4.78, 5) is 10.2. The van der Waals surface area contributed by atoms with Gasteiger partial charge in [0.25, 0.3) is 0 Å². The quantitative estimate of drug-likeness (QED) is 0.541. The van der Waals surface area contributed by atoms with Gasteiger partial charge in [-0.25, -0.2) is 4.79 Å². The van der Waals surface area contributed by atoms with Crippen LogP contribution in [0.1, 0.15) is 6.92 Å². The van der Waals surface area contributed by atoms with Crippen LogP contribution in [-0.4, -0.2) is 30.3 Å². The highest BCUT2D eigenvalue weighted by molar-refractivity contribution is 5.73. The minimum Gasteiger partial charge on any atom is -0.479 e. The van der Waals surface area contributed by atoms with Gasteiger partial charge in [0.2, 0.25) is 0 Å². The Morgan fingerprint density at radius 1 is 1.78 bits per heavy atom. The summed E-state index contributed by atoms with van der Waals surface area (Å²) < 4.78 is 4.55. The van der Waals surface area contributed by atoms with E-state index >= 15 is 0 Å². The number of methoxy groups -OCH3 is 1. The van der Waals surface area contributed by atoms with Crippen LogP contribution in [0.15, 0.2) is 0 Å². The monoisotopic (exact) mass is 133 g/mol. The fourth-order valence-electron chi connectivity index (χ4n) is 0.540. The Balaban J connectivity index is 3.83. The number of nitrogens with two attached hydrogens (primary N) is 1. The molecule has 0 aromatic heterocycles. The Morgan fingerprint density at radius 3 is 2.22 bits per heavy atom. The zero-order valence-corrected chi connectivity index (χ0v) is 5.50. The van der Waals surface area contributed by atoms with Crippen molar-refractivity contribution in [3.8, 4) is 0 Å². The standard InChI is InChI=1S/C5H11NO3/c1-3(6)4(9-2)5(7)8/h3-4H,6H2,1-2H3,(H,7,8). The number of carboxylic acids is 1. The van der Waals surface area contributed by atoms with Crippen LogP contribution in [0.25, 0.3) is 0 Å². The number of rotatable bonds is 3. The van der Waals surface area contributed by atoms with E-state index in [0.29, 0.717) is 0 Å². The van der Waals surface area contributed by atoms with Gasteiger partial charge in [0.15, 0.2) is 6.10 Å². The van der Waals surface area contributed by atoms with E-state index in [9.17, 15) is 4.79 Å². The van der Waals surface area contributed by atoms with Crippen molar-refractivity contribution in [2.45, 2.75) is 19.1 Å². The molecular formula is C5H11NO3. The third kappa shape index (κ3) is 2.43. The van der Waals surface area contributed by atoms with Crippen LogP contribution in [0.4, 0.5) is 0 Å². The van der Waals surface area contributed by atoms with Crippen molar-refractivity contribution < 1.29 is 14.6 Å². The van der Waals surface area contributed by atoms with Crippen LogP contribution >= 0.6 is 0 Å². The minimum atomic E-state index is -1.02. The van der Waals surface area contributed by atoms with Gasteiger partial charge in [-0.05, 0) is 6.92 Å². The molecule has 54 valence electrons. The van der Waals surface area contributed by atoms with Gasteiger partial charge in [-0.2, -0.15) is 0 Å². The van der Waals surface area contributed by atoms with Crippen molar-refractivity contribution >= 4 is 5.97 Å². The molecule has 0 rings (SSSR count). The maximum atomic E-state index is 10.2. The molecule has 4 heteroatoms. The number of aliphatic carboxylic acids is 1. The maximum absolute atomic E-state index is 10.2. The van der Waals surface area contributed by atoms with E-state index in [4.69, 9.17) is 10.8 Å². The summed E-state index contributed by atoms with van der Waals surface area (Å²) in [5.74, 6) is -1.02. The molecule has 0 heterocycles. The summed E-state index contributed by atoms with van der Waals surface area (Å²) in [7, 11) is 1.32. The summed E-state index contributed by atoms with van der Waals surface area (Å²) in [6.45, 7) is 1.59.